The molecule has 6 heteroatoms. The van der Waals surface area contributed by atoms with E-state index in [9.17, 15) is 4.79 Å². The highest BCUT2D eigenvalue weighted by molar-refractivity contribution is 6.42. The molecule has 2 aromatic carbocycles. The van der Waals surface area contributed by atoms with Crippen LogP contribution >= 0.6 is 23.2 Å². The highest BCUT2D eigenvalue weighted by atomic mass is 35.5. The minimum Gasteiger partial charge on any atom is -0.322 e. The van der Waals surface area contributed by atoms with Crippen molar-refractivity contribution in [1.29, 1.82) is 0 Å². The monoisotopic (exact) mass is 377 g/mol. The molecule has 0 aliphatic carbocycles. The maximum absolute atomic E-state index is 12.3. The van der Waals surface area contributed by atoms with E-state index in [2.05, 4.69) is 34.3 Å². The first-order valence-electron chi connectivity index (χ1n) is 8.27. The number of amides is 1. The maximum atomic E-state index is 12.3. The first-order valence-corrected chi connectivity index (χ1v) is 9.03. The van der Waals surface area contributed by atoms with Crippen LogP contribution in [0.4, 0.5) is 5.69 Å². The maximum Gasteiger partial charge on any atom is 0.255 e. The number of carbonyl (C=O) groups is 1. The van der Waals surface area contributed by atoms with Gasteiger partial charge in [-0.05, 0) is 42.9 Å². The second-order valence-electron chi connectivity index (χ2n) is 6.36. The lowest BCUT2D eigenvalue weighted by molar-refractivity contribution is 0.102. The molecule has 0 aromatic heterocycles. The molecule has 1 N–H and O–H groups in total. The second-order valence-corrected chi connectivity index (χ2v) is 7.17. The van der Waals surface area contributed by atoms with Crippen LogP contribution in [0.2, 0.25) is 10.0 Å². The second kappa shape index (κ2) is 8.19. The fourth-order valence-electron chi connectivity index (χ4n) is 2.80. The van der Waals surface area contributed by atoms with Crippen LogP contribution in [0.25, 0.3) is 0 Å². The molecule has 4 nitrogen and oxygen atoms in total. The predicted molar refractivity (Wildman–Crippen MR) is 104 cm³/mol. The van der Waals surface area contributed by atoms with Crippen molar-refractivity contribution < 1.29 is 4.79 Å². The van der Waals surface area contributed by atoms with Gasteiger partial charge in [0.25, 0.3) is 5.91 Å². The van der Waals surface area contributed by atoms with Gasteiger partial charge in [0.1, 0.15) is 0 Å². The summed E-state index contributed by atoms with van der Waals surface area (Å²) in [6.45, 7) is 5.34. The third-order valence-corrected chi connectivity index (χ3v) is 5.13. The molecule has 1 fully saturated rings. The molecule has 0 saturated carbocycles. The average molecular weight is 378 g/mol. The largest absolute Gasteiger partial charge is 0.322 e. The van der Waals surface area contributed by atoms with E-state index in [-0.39, 0.29) is 5.91 Å². The molecule has 0 spiro atoms. The molecular weight excluding hydrogens is 357 g/mol. The summed E-state index contributed by atoms with van der Waals surface area (Å²) in [7, 11) is 2.16. The normalized spacial score (nSPS) is 16.0. The Morgan fingerprint density at radius 3 is 2.32 bits per heavy atom. The molecule has 0 radical (unpaired) electrons. The van der Waals surface area contributed by atoms with E-state index in [0.717, 1.165) is 38.4 Å². The number of carbonyl (C=O) groups excluding carboxylic acids is 1. The number of benzene rings is 2. The molecule has 0 unspecified atom stereocenters. The summed E-state index contributed by atoms with van der Waals surface area (Å²) in [5.74, 6) is -0.203. The van der Waals surface area contributed by atoms with Crippen LogP contribution in [0.15, 0.2) is 42.5 Å². The number of piperazine rings is 1. The SMILES string of the molecule is CN1CCN(Cc2ccc(NC(=O)c3ccc(Cl)c(Cl)c3)cc2)CC1. The summed E-state index contributed by atoms with van der Waals surface area (Å²) in [6, 6.07) is 12.8. The van der Waals surface area contributed by atoms with Gasteiger partial charge in [0.2, 0.25) is 0 Å². The van der Waals surface area contributed by atoms with Gasteiger partial charge in [-0.2, -0.15) is 0 Å². The smallest absolute Gasteiger partial charge is 0.255 e. The topological polar surface area (TPSA) is 35.6 Å². The van der Waals surface area contributed by atoms with Crippen molar-refractivity contribution in [3.05, 3.63) is 63.6 Å². The van der Waals surface area contributed by atoms with E-state index in [4.69, 9.17) is 23.2 Å². The van der Waals surface area contributed by atoms with Crippen LogP contribution in [0.5, 0.6) is 0 Å². The van der Waals surface area contributed by atoms with E-state index in [1.807, 2.05) is 12.1 Å². The van der Waals surface area contributed by atoms with Gasteiger partial charge in [0.05, 0.1) is 10.0 Å². The van der Waals surface area contributed by atoms with Gasteiger partial charge >= 0.3 is 0 Å². The van der Waals surface area contributed by atoms with Gasteiger partial charge in [-0.3, -0.25) is 9.69 Å². The number of anilines is 1. The van der Waals surface area contributed by atoms with Crippen LogP contribution in [0.3, 0.4) is 0 Å². The fraction of sp³-hybridized carbons (Fsp3) is 0.316. The Bertz CT molecular complexity index is 741. The van der Waals surface area contributed by atoms with E-state index in [0.29, 0.717) is 15.6 Å². The number of halogens is 2. The molecule has 0 bridgehead atoms. The van der Waals surface area contributed by atoms with Gasteiger partial charge in [-0.1, -0.05) is 35.3 Å². The van der Waals surface area contributed by atoms with Crippen LogP contribution in [-0.2, 0) is 6.54 Å². The van der Waals surface area contributed by atoms with E-state index < -0.39 is 0 Å². The molecule has 3 rings (SSSR count). The Hall–Kier alpha value is -1.59. The molecule has 1 aliphatic heterocycles. The van der Waals surface area contributed by atoms with Crippen LogP contribution in [0, 0.1) is 0 Å². The summed E-state index contributed by atoms with van der Waals surface area (Å²) in [4.78, 5) is 17.1. The van der Waals surface area contributed by atoms with Gasteiger partial charge in [-0.15, -0.1) is 0 Å². The Labute approximate surface area is 158 Å². The molecular formula is C19H21Cl2N3O. The van der Waals surface area contributed by atoms with Gasteiger partial charge in [0.15, 0.2) is 0 Å². The first-order chi connectivity index (χ1) is 12.0. The van der Waals surface area contributed by atoms with Crippen molar-refractivity contribution in [3.8, 4) is 0 Å². The van der Waals surface area contributed by atoms with Gasteiger partial charge in [0, 0.05) is 44.0 Å². The van der Waals surface area contributed by atoms with Crippen LogP contribution in [-0.4, -0.2) is 48.9 Å². The number of nitrogens with zero attached hydrogens (tertiary/aromatic N) is 2. The van der Waals surface area contributed by atoms with E-state index in [1.165, 1.54) is 5.56 Å². The highest BCUT2D eigenvalue weighted by Gasteiger charge is 2.14. The predicted octanol–water partition coefficient (Wildman–Crippen LogP) is 3.99. The lowest BCUT2D eigenvalue weighted by Crippen LogP contribution is -2.43. The Balaban J connectivity index is 1.58. The van der Waals surface area contributed by atoms with Gasteiger partial charge in [-0.25, -0.2) is 0 Å². The minimum atomic E-state index is -0.203. The zero-order valence-corrected chi connectivity index (χ0v) is 15.6. The van der Waals surface area contributed by atoms with Crippen LogP contribution in [0.1, 0.15) is 15.9 Å². The number of nitrogens with one attached hydrogen (secondary N) is 1. The Morgan fingerprint density at radius 2 is 1.68 bits per heavy atom. The van der Waals surface area contributed by atoms with Crippen molar-refractivity contribution in [1.82, 2.24) is 9.80 Å². The Kier molecular flexibility index (Phi) is 5.97. The Morgan fingerprint density at radius 1 is 1.00 bits per heavy atom. The summed E-state index contributed by atoms with van der Waals surface area (Å²) < 4.78 is 0. The molecule has 1 heterocycles. The number of hydrogen-bond acceptors (Lipinski definition) is 3. The molecule has 1 aliphatic rings. The first kappa shape index (κ1) is 18.2. The van der Waals surface area contributed by atoms with E-state index in [1.54, 1.807) is 18.2 Å². The van der Waals surface area contributed by atoms with Crippen molar-refractivity contribution >= 4 is 34.8 Å². The molecule has 1 saturated heterocycles. The quantitative estimate of drug-likeness (QED) is 0.874. The zero-order chi connectivity index (χ0) is 17.8. The minimum absolute atomic E-state index is 0.203. The van der Waals surface area contributed by atoms with E-state index >= 15 is 0 Å². The lowest BCUT2D eigenvalue weighted by atomic mass is 10.1. The molecule has 0 atom stereocenters. The third kappa shape index (κ3) is 4.95. The molecule has 1 amide bonds. The van der Waals surface area contributed by atoms with Crippen molar-refractivity contribution in [2.45, 2.75) is 6.54 Å². The lowest BCUT2D eigenvalue weighted by Gasteiger charge is -2.32. The van der Waals surface area contributed by atoms with Crippen LogP contribution < -0.4 is 5.32 Å². The number of hydrogen-bond donors (Lipinski definition) is 1. The van der Waals surface area contributed by atoms with Crippen molar-refractivity contribution in [2.75, 3.05) is 38.5 Å². The summed E-state index contributed by atoms with van der Waals surface area (Å²) >= 11 is 11.8. The standard InChI is InChI=1S/C19H21Cl2N3O/c1-23-8-10-24(11-9-23)13-14-2-5-16(6-3-14)22-19(25)15-4-7-17(20)18(21)12-15/h2-7,12H,8-11,13H2,1H3,(H,22,25). The van der Waals surface area contributed by atoms with Crippen molar-refractivity contribution in [3.63, 3.8) is 0 Å². The summed E-state index contributed by atoms with van der Waals surface area (Å²) in [5, 5.41) is 3.69. The van der Waals surface area contributed by atoms with Gasteiger partial charge < -0.3 is 10.2 Å². The number of rotatable bonds is 4. The summed E-state index contributed by atoms with van der Waals surface area (Å²) in [6.07, 6.45) is 0. The highest BCUT2D eigenvalue weighted by Crippen LogP contribution is 2.23. The molecule has 132 valence electrons. The fourth-order valence-corrected chi connectivity index (χ4v) is 3.10. The molecule has 2 aromatic rings. The van der Waals surface area contributed by atoms with Crippen molar-refractivity contribution in [2.24, 2.45) is 0 Å². The average Bonchev–Trinajstić information content (AvgIpc) is 2.61. The summed E-state index contributed by atoms with van der Waals surface area (Å²) in [5.41, 5.74) is 2.49. The zero-order valence-electron chi connectivity index (χ0n) is 14.1. The number of likely N-dealkylation sites (N-methyl/N-ethyl adjacent to an activating group) is 1. The third-order valence-electron chi connectivity index (χ3n) is 4.40. The molecule has 25 heavy (non-hydrogen) atoms.